The first-order valence-electron chi connectivity index (χ1n) is 5.92. The Morgan fingerprint density at radius 1 is 1.17 bits per heavy atom. The van der Waals surface area contributed by atoms with Crippen LogP contribution in [0.2, 0.25) is 0 Å². The molecule has 1 aromatic carbocycles. The van der Waals surface area contributed by atoms with Gasteiger partial charge in [-0.25, -0.2) is 0 Å². The number of ether oxygens (including phenoxy) is 1. The molecule has 0 saturated heterocycles. The molecule has 0 spiro atoms. The third kappa shape index (κ3) is 4.67. The summed E-state index contributed by atoms with van der Waals surface area (Å²) in [4.78, 5) is 22.0. The van der Waals surface area contributed by atoms with Crippen molar-refractivity contribution in [3.8, 4) is 0 Å². The molecule has 0 bridgehead atoms. The maximum absolute atomic E-state index is 11.3. The van der Waals surface area contributed by atoms with Crippen molar-refractivity contribution >= 4 is 11.8 Å². The second kappa shape index (κ2) is 6.91. The number of carbonyl (C=O) groups excluding carboxylic acids is 2. The van der Waals surface area contributed by atoms with Gasteiger partial charge < -0.3 is 10.1 Å². The highest BCUT2D eigenvalue weighted by Gasteiger charge is 2.11. The van der Waals surface area contributed by atoms with Crippen molar-refractivity contribution in [3.63, 3.8) is 0 Å². The zero-order chi connectivity index (χ0) is 13.5. The third-order valence-electron chi connectivity index (χ3n) is 2.74. The summed E-state index contributed by atoms with van der Waals surface area (Å²) in [6.45, 7) is 3.26. The van der Waals surface area contributed by atoms with Gasteiger partial charge in [0.2, 0.25) is 0 Å². The molecule has 0 aliphatic heterocycles. The van der Waals surface area contributed by atoms with Crippen molar-refractivity contribution in [1.82, 2.24) is 5.32 Å². The second-order valence-corrected chi connectivity index (χ2v) is 4.25. The van der Waals surface area contributed by atoms with Gasteiger partial charge in [-0.2, -0.15) is 0 Å². The van der Waals surface area contributed by atoms with Crippen LogP contribution in [0.5, 0.6) is 0 Å². The van der Waals surface area contributed by atoms with E-state index in [4.69, 9.17) is 4.74 Å². The molecule has 4 heteroatoms. The Labute approximate surface area is 107 Å². The average Bonchev–Trinajstić information content (AvgIpc) is 2.34. The van der Waals surface area contributed by atoms with Gasteiger partial charge in [-0.1, -0.05) is 24.3 Å². The fourth-order valence-electron chi connectivity index (χ4n) is 1.64. The summed E-state index contributed by atoms with van der Waals surface area (Å²) in [5.41, 5.74) is 2.02. The molecule has 0 saturated carbocycles. The second-order valence-electron chi connectivity index (χ2n) is 4.25. The van der Waals surface area contributed by atoms with E-state index in [1.807, 2.05) is 24.3 Å². The predicted octanol–water partition coefficient (Wildman–Crippen LogP) is 1.47. The number of benzene rings is 1. The van der Waals surface area contributed by atoms with Crippen LogP contribution in [0.15, 0.2) is 24.3 Å². The minimum Gasteiger partial charge on any atom is -0.461 e. The predicted molar refractivity (Wildman–Crippen MR) is 69.1 cm³/mol. The summed E-state index contributed by atoms with van der Waals surface area (Å²) in [6, 6.07) is 7.57. The van der Waals surface area contributed by atoms with Gasteiger partial charge in [0.15, 0.2) is 0 Å². The molecule has 0 amide bonds. The number of hydrogen-bond donors (Lipinski definition) is 1. The first-order valence-corrected chi connectivity index (χ1v) is 5.92. The van der Waals surface area contributed by atoms with E-state index in [9.17, 15) is 9.59 Å². The van der Waals surface area contributed by atoms with Crippen molar-refractivity contribution in [2.75, 3.05) is 7.05 Å². The molecule has 0 fully saturated rings. The molecule has 1 N–H and O–H groups in total. The first kappa shape index (κ1) is 14.4. The molecule has 98 valence electrons. The summed E-state index contributed by atoms with van der Waals surface area (Å²) in [6.07, 6.45) is 0.666. The highest BCUT2D eigenvalue weighted by atomic mass is 16.5. The number of nitrogens with one attached hydrogen (secondary N) is 1. The molecule has 1 atom stereocenters. The minimum absolute atomic E-state index is 0.126. The lowest BCUT2D eigenvalue weighted by molar-refractivity contribution is -0.142. The highest BCUT2D eigenvalue weighted by molar-refractivity contribution is 5.81. The Morgan fingerprint density at radius 2 is 1.72 bits per heavy atom. The van der Waals surface area contributed by atoms with Gasteiger partial charge in [-0.05, 0) is 31.5 Å². The van der Waals surface area contributed by atoms with Crippen LogP contribution in [-0.4, -0.2) is 24.8 Å². The fourth-order valence-corrected chi connectivity index (χ4v) is 1.64. The molecular formula is C14H19NO3. The third-order valence-corrected chi connectivity index (χ3v) is 2.74. The molecular weight excluding hydrogens is 230 g/mol. The number of ketones is 1. The molecule has 0 heterocycles. The van der Waals surface area contributed by atoms with Crippen LogP contribution >= 0.6 is 0 Å². The van der Waals surface area contributed by atoms with Crippen molar-refractivity contribution in [2.45, 2.75) is 32.9 Å². The molecule has 1 unspecified atom stereocenters. The quantitative estimate of drug-likeness (QED) is 0.776. The van der Waals surface area contributed by atoms with E-state index < -0.39 is 0 Å². The molecule has 4 nitrogen and oxygen atoms in total. The van der Waals surface area contributed by atoms with Crippen molar-refractivity contribution in [3.05, 3.63) is 35.4 Å². The summed E-state index contributed by atoms with van der Waals surface area (Å²) in [5, 5.41) is 2.99. The maximum Gasteiger partial charge on any atom is 0.302 e. The van der Waals surface area contributed by atoms with E-state index in [0.717, 1.165) is 11.1 Å². The van der Waals surface area contributed by atoms with Crippen LogP contribution < -0.4 is 5.32 Å². The summed E-state index contributed by atoms with van der Waals surface area (Å²) in [7, 11) is 1.78. The van der Waals surface area contributed by atoms with Gasteiger partial charge in [0.05, 0.1) is 6.04 Å². The van der Waals surface area contributed by atoms with E-state index in [2.05, 4.69) is 5.32 Å². The minimum atomic E-state index is -0.286. The Bertz CT molecular complexity index is 412. The number of hydrogen-bond acceptors (Lipinski definition) is 4. The standard InChI is InChI=1S/C14H19NO3/c1-10(16)14(15-3)8-12-4-6-13(7-5-12)9-18-11(2)17/h4-7,14-15H,8-9H2,1-3H3. The number of carbonyl (C=O) groups is 2. The number of Topliss-reactive ketones (excluding diaryl/α,β-unsaturated/α-hetero) is 1. The lowest BCUT2D eigenvalue weighted by Gasteiger charge is -2.12. The number of rotatable bonds is 6. The van der Waals surface area contributed by atoms with Crippen LogP contribution in [0.3, 0.4) is 0 Å². The van der Waals surface area contributed by atoms with Crippen molar-refractivity contribution in [1.29, 1.82) is 0 Å². The Morgan fingerprint density at radius 3 is 2.17 bits per heavy atom. The van der Waals surface area contributed by atoms with Gasteiger partial charge in [-0.15, -0.1) is 0 Å². The number of likely N-dealkylation sites (N-methyl/N-ethyl adjacent to an activating group) is 1. The van der Waals surface area contributed by atoms with Gasteiger partial charge in [0, 0.05) is 6.92 Å². The van der Waals surface area contributed by atoms with Crippen LogP contribution in [0, 0.1) is 0 Å². The van der Waals surface area contributed by atoms with Crippen LogP contribution in [0.4, 0.5) is 0 Å². The lowest BCUT2D eigenvalue weighted by Crippen LogP contribution is -2.34. The topological polar surface area (TPSA) is 55.4 Å². The largest absolute Gasteiger partial charge is 0.461 e. The SMILES string of the molecule is CNC(Cc1ccc(COC(C)=O)cc1)C(C)=O. The Kier molecular flexibility index (Phi) is 5.52. The summed E-state index contributed by atoms with van der Waals surface area (Å²) in [5.74, 6) is -0.160. The Balaban J connectivity index is 2.59. The normalized spacial score (nSPS) is 11.9. The van der Waals surface area contributed by atoms with Gasteiger partial charge in [0.1, 0.15) is 12.4 Å². The maximum atomic E-state index is 11.3. The van der Waals surface area contributed by atoms with Crippen molar-refractivity contribution < 1.29 is 14.3 Å². The number of esters is 1. The Hall–Kier alpha value is -1.68. The van der Waals surface area contributed by atoms with E-state index >= 15 is 0 Å². The molecule has 0 aliphatic carbocycles. The van der Waals surface area contributed by atoms with Crippen LogP contribution in [-0.2, 0) is 27.4 Å². The monoisotopic (exact) mass is 249 g/mol. The zero-order valence-electron chi connectivity index (χ0n) is 11.0. The van der Waals surface area contributed by atoms with Gasteiger partial charge in [0.25, 0.3) is 0 Å². The highest BCUT2D eigenvalue weighted by Crippen LogP contribution is 2.08. The lowest BCUT2D eigenvalue weighted by atomic mass is 10.0. The van der Waals surface area contributed by atoms with E-state index in [1.165, 1.54) is 6.92 Å². The van der Waals surface area contributed by atoms with Crippen LogP contribution in [0.25, 0.3) is 0 Å². The van der Waals surface area contributed by atoms with Gasteiger partial charge in [-0.3, -0.25) is 9.59 Å². The van der Waals surface area contributed by atoms with E-state index in [1.54, 1.807) is 14.0 Å². The molecule has 0 radical (unpaired) electrons. The molecule has 18 heavy (non-hydrogen) atoms. The summed E-state index contributed by atoms with van der Waals surface area (Å²) >= 11 is 0. The van der Waals surface area contributed by atoms with E-state index in [0.29, 0.717) is 6.42 Å². The first-order chi connectivity index (χ1) is 8.52. The average molecular weight is 249 g/mol. The van der Waals surface area contributed by atoms with Crippen LogP contribution in [0.1, 0.15) is 25.0 Å². The molecule has 0 aromatic heterocycles. The molecule has 1 aromatic rings. The smallest absolute Gasteiger partial charge is 0.302 e. The zero-order valence-corrected chi connectivity index (χ0v) is 11.0. The fraction of sp³-hybridized carbons (Fsp3) is 0.429. The summed E-state index contributed by atoms with van der Waals surface area (Å²) < 4.78 is 4.90. The molecule has 1 rings (SSSR count). The molecule has 0 aliphatic rings. The van der Waals surface area contributed by atoms with Gasteiger partial charge >= 0.3 is 5.97 Å². The van der Waals surface area contributed by atoms with Crippen molar-refractivity contribution in [2.24, 2.45) is 0 Å². The van der Waals surface area contributed by atoms with E-state index in [-0.39, 0.29) is 24.4 Å².